The number of nitrogens with zero attached hydrogens (tertiary/aromatic N) is 1. The van der Waals surface area contributed by atoms with Gasteiger partial charge >= 0.3 is 0 Å². The molecule has 0 heterocycles. The van der Waals surface area contributed by atoms with Crippen molar-refractivity contribution in [1.82, 2.24) is 0 Å². The van der Waals surface area contributed by atoms with Crippen LogP contribution < -0.4 is 16.2 Å². The van der Waals surface area contributed by atoms with Crippen LogP contribution in [0.2, 0.25) is 0 Å². The number of hydrogen-bond donors (Lipinski definition) is 2. The van der Waals surface area contributed by atoms with Gasteiger partial charge in [-0.25, -0.2) is 0 Å². The van der Waals surface area contributed by atoms with Crippen molar-refractivity contribution < 1.29 is 9.53 Å². The molecule has 0 radical (unpaired) electrons. The molecule has 0 saturated carbocycles. The molecule has 2 aromatic carbocycles. The third-order valence-corrected chi connectivity index (χ3v) is 3.34. The summed E-state index contributed by atoms with van der Waals surface area (Å²) in [6.07, 6.45) is 0.517. The van der Waals surface area contributed by atoms with Gasteiger partial charge in [-0.05, 0) is 29.7 Å². The van der Waals surface area contributed by atoms with Crippen LogP contribution in [0.5, 0.6) is 5.75 Å². The zero-order valence-electron chi connectivity index (χ0n) is 12.4. The predicted octanol–water partition coefficient (Wildman–Crippen LogP) is 1.82. The monoisotopic (exact) mass is 297 g/mol. The molecule has 114 valence electrons. The Bertz CT molecular complexity index is 647. The van der Waals surface area contributed by atoms with E-state index in [9.17, 15) is 4.79 Å². The number of aliphatic imine (C=N–C) groups is 1. The van der Waals surface area contributed by atoms with E-state index in [1.165, 1.54) is 0 Å². The van der Waals surface area contributed by atoms with Gasteiger partial charge in [0, 0.05) is 0 Å². The van der Waals surface area contributed by atoms with Gasteiger partial charge in [0.1, 0.15) is 5.75 Å². The summed E-state index contributed by atoms with van der Waals surface area (Å²) in [7, 11) is 1.62. The molecule has 22 heavy (non-hydrogen) atoms. The molecule has 5 nitrogen and oxygen atoms in total. The van der Waals surface area contributed by atoms with Crippen molar-refractivity contribution in [2.24, 2.45) is 16.5 Å². The van der Waals surface area contributed by atoms with Crippen molar-refractivity contribution in [3.8, 4) is 5.75 Å². The van der Waals surface area contributed by atoms with Gasteiger partial charge in [0.05, 0.1) is 13.0 Å². The Morgan fingerprint density at radius 1 is 1.09 bits per heavy atom. The second-order valence-corrected chi connectivity index (χ2v) is 4.89. The second kappa shape index (κ2) is 7.26. The number of methoxy groups -OCH3 is 1. The van der Waals surface area contributed by atoms with Crippen LogP contribution in [0.1, 0.15) is 17.0 Å². The smallest absolute Gasteiger partial charge is 0.256 e. The molecule has 0 saturated heterocycles. The molecular formula is C17H19N3O2. The number of ether oxygens (including phenoxy) is 1. The summed E-state index contributed by atoms with van der Waals surface area (Å²) >= 11 is 0. The zero-order valence-corrected chi connectivity index (χ0v) is 12.4. The third-order valence-electron chi connectivity index (χ3n) is 3.34. The van der Waals surface area contributed by atoms with Crippen LogP contribution in [-0.4, -0.2) is 19.0 Å². The summed E-state index contributed by atoms with van der Waals surface area (Å²) in [4.78, 5) is 16.0. The van der Waals surface area contributed by atoms with Crippen LogP contribution in [0, 0.1) is 0 Å². The Labute approximate surface area is 129 Å². The van der Waals surface area contributed by atoms with E-state index in [2.05, 4.69) is 4.99 Å². The molecule has 1 atom stereocenters. The lowest BCUT2D eigenvalue weighted by atomic mass is 9.91. The lowest BCUT2D eigenvalue weighted by molar-refractivity contribution is -0.119. The first-order chi connectivity index (χ1) is 10.6. The fraction of sp³-hybridized carbons (Fsp3) is 0.176. The summed E-state index contributed by atoms with van der Waals surface area (Å²) in [5, 5.41) is 0. The van der Waals surface area contributed by atoms with Gasteiger partial charge in [-0.15, -0.1) is 0 Å². The number of carbonyl (C=O) groups excluding carboxylic acids is 1. The summed E-state index contributed by atoms with van der Waals surface area (Å²) in [6, 6.07) is 17.1. The normalized spacial score (nSPS) is 11.5. The molecule has 0 aliphatic carbocycles. The van der Waals surface area contributed by atoms with Crippen LogP contribution >= 0.6 is 0 Å². The quantitative estimate of drug-likeness (QED) is 0.650. The Hall–Kier alpha value is -2.82. The Balaban J connectivity index is 2.28. The van der Waals surface area contributed by atoms with Gasteiger partial charge < -0.3 is 16.2 Å². The average molecular weight is 297 g/mol. The molecule has 0 aliphatic rings. The molecule has 1 amide bonds. The van der Waals surface area contributed by atoms with Gasteiger partial charge in [0.2, 0.25) is 0 Å². The largest absolute Gasteiger partial charge is 0.497 e. The SMILES string of the molecule is COc1ccc(C[C@@H](C(=O)N=C(N)N)c2ccccc2)cc1. The van der Waals surface area contributed by atoms with Crippen molar-refractivity contribution in [3.05, 3.63) is 65.7 Å². The maximum Gasteiger partial charge on any atom is 0.256 e. The van der Waals surface area contributed by atoms with E-state index in [0.29, 0.717) is 6.42 Å². The van der Waals surface area contributed by atoms with Crippen molar-refractivity contribution in [2.75, 3.05) is 7.11 Å². The van der Waals surface area contributed by atoms with Crippen molar-refractivity contribution in [3.63, 3.8) is 0 Å². The fourth-order valence-electron chi connectivity index (χ4n) is 2.24. The summed E-state index contributed by atoms with van der Waals surface area (Å²) < 4.78 is 5.14. The summed E-state index contributed by atoms with van der Waals surface area (Å²) in [6.45, 7) is 0. The summed E-state index contributed by atoms with van der Waals surface area (Å²) in [5.74, 6) is -0.213. The minimum Gasteiger partial charge on any atom is -0.497 e. The fourth-order valence-corrected chi connectivity index (χ4v) is 2.24. The standard InChI is InChI=1S/C17H19N3O2/c1-22-14-9-7-12(8-10-14)11-15(16(21)20-17(18)19)13-5-3-2-4-6-13/h2-10,15H,11H2,1H3,(H4,18,19,20,21)/t15-/m1/s1. The topological polar surface area (TPSA) is 90.7 Å². The minimum absolute atomic E-state index is 0.222. The molecule has 5 heteroatoms. The highest BCUT2D eigenvalue weighted by Gasteiger charge is 2.20. The number of carbonyl (C=O) groups is 1. The van der Waals surface area contributed by atoms with Crippen molar-refractivity contribution in [2.45, 2.75) is 12.3 Å². The molecule has 2 rings (SSSR count). The lowest BCUT2D eigenvalue weighted by Gasteiger charge is -2.14. The Morgan fingerprint density at radius 3 is 2.27 bits per heavy atom. The highest BCUT2D eigenvalue weighted by molar-refractivity contribution is 5.95. The first-order valence-electron chi connectivity index (χ1n) is 6.91. The number of rotatable bonds is 5. The van der Waals surface area contributed by atoms with Crippen LogP contribution in [0.4, 0.5) is 0 Å². The van der Waals surface area contributed by atoms with Crippen molar-refractivity contribution in [1.29, 1.82) is 0 Å². The van der Waals surface area contributed by atoms with Gasteiger partial charge in [0.25, 0.3) is 5.91 Å². The van der Waals surface area contributed by atoms with Crippen molar-refractivity contribution >= 4 is 11.9 Å². The van der Waals surface area contributed by atoms with Gasteiger partial charge in [-0.2, -0.15) is 4.99 Å². The van der Waals surface area contributed by atoms with E-state index >= 15 is 0 Å². The lowest BCUT2D eigenvalue weighted by Crippen LogP contribution is -2.26. The summed E-state index contributed by atoms with van der Waals surface area (Å²) in [5.41, 5.74) is 12.6. The van der Waals surface area contributed by atoms with Gasteiger partial charge in [-0.3, -0.25) is 4.79 Å². The number of amides is 1. The number of nitrogens with two attached hydrogens (primary N) is 2. The molecule has 0 fully saturated rings. The second-order valence-electron chi connectivity index (χ2n) is 4.89. The van der Waals surface area contributed by atoms with E-state index in [-0.39, 0.29) is 11.9 Å². The van der Waals surface area contributed by atoms with Gasteiger partial charge in [-0.1, -0.05) is 42.5 Å². The molecule has 0 unspecified atom stereocenters. The Kier molecular flexibility index (Phi) is 5.14. The Morgan fingerprint density at radius 2 is 1.73 bits per heavy atom. The van der Waals surface area contributed by atoms with E-state index in [4.69, 9.17) is 16.2 Å². The number of guanidine groups is 1. The van der Waals surface area contributed by atoms with Crippen LogP contribution in [0.3, 0.4) is 0 Å². The number of benzene rings is 2. The molecule has 0 aromatic heterocycles. The predicted molar refractivity (Wildman–Crippen MR) is 86.7 cm³/mol. The van der Waals surface area contributed by atoms with E-state index < -0.39 is 5.92 Å². The maximum absolute atomic E-state index is 12.3. The van der Waals surface area contributed by atoms with Crippen LogP contribution in [-0.2, 0) is 11.2 Å². The molecule has 4 N–H and O–H groups in total. The highest BCUT2D eigenvalue weighted by Crippen LogP contribution is 2.23. The molecular weight excluding hydrogens is 278 g/mol. The van der Waals surface area contributed by atoms with E-state index in [0.717, 1.165) is 16.9 Å². The highest BCUT2D eigenvalue weighted by atomic mass is 16.5. The van der Waals surface area contributed by atoms with Gasteiger partial charge in [0.15, 0.2) is 5.96 Å². The minimum atomic E-state index is -0.420. The average Bonchev–Trinajstić information content (AvgIpc) is 2.53. The molecule has 0 bridgehead atoms. The van der Waals surface area contributed by atoms with E-state index in [1.54, 1.807) is 7.11 Å². The van der Waals surface area contributed by atoms with Crippen LogP contribution in [0.15, 0.2) is 59.6 Å². The zero-order chi connectivity index (χ0) is 15.9. The number of hydrogen-bond acceptors (Lipinski definition) is 2. The molecule has 0 spiro atoms. The first-order valence-corrected chi connectivity index (χ1v) is 6.91. The molecule has 2 aromatic rings. The third kappa shape index (κ3) is 4.09. The van der Waals surface area contributed by atoms with Crippen LogP contribution in [0.25, 0.3) is 0 Å². The van der Waals surface area contributed by atoms with E-state index in [1.807, 2.05) is 54.6 Å². The molecule has 0 aliphatic heterocycles. The first kappa shape index (κ1) is 15.6. The maximum atomic E-state index is 12.3.